The van der Waals surface area contributed by atoms with E-state index in [1.165, 1.54) is 0 Å². The number of ether oxygens (including phenoxy) is 1. The highest BCUT2D eigenvalue weighted by atomic mass is 35.5. The largest absolute Gasteiger partial charge is 0.397 e. The van der Waals surface area contributed by atoms with E-state index < -0.39 is 0 Å². The summed E-state index contributed by atoms with van der Waals surface area (Å²) >= 11 is 6.10. The lowest BCUT2D eigenvalue weighted by atomic mass is 9.89. The monoisotopic (exact) mass is 304 g/mol. The van der Waals surface area contributed by atoms with Gasteiger partial charge in [0.25, 0.3) is 0 Å². The number of halogens is 1. The Morgan fingerprint density at radius 2 is 2.19 bits per heavy atom. The Kier molecular flexibility index (Phi) is 3.69. The molecule has 1 saturated carbocycles. The molecule has 0 aliphatic heterocycles. The predicted octanol–water partition coefficient (Wildman–Crippen LogP) is 2.80. The molecule has 5 nitrogen and oxygen atoms in total. The summed E-state index contributed by atoms with van der Waals surface area (Å²) in [6, 6.07) is 5.84. The van der Waals surface area contributed by atoms with Gasteiger partial charge in [-0.1, -0.05) is 18.2 Å². The standard InChI is InChI=1S/C15H17ClN4O/c1-8(17)14-15(18-10-6-11(7-10)21-2)12-5-9(16)3-4-13(12)19-20-14/h3-5,10-11H,1,6-7,17H2,2H3,(H,18,19). The Morgan fingerprint density at radius 1 is 1.43 bits per heavy atom. The average Bonchev–Trinajstić information content (AvgIpc) is 2.41. The fourth-order valence-electron chi connectivity index (χ4n) is 2.53. The van der Waals surface area contributed by atoms with Crippen molar-refractivity contribution in [3.63, 3.8) is 0 Å². The Labute approximate surface area is 128 Å². The molecule has 1 fully saturated rings. The molecule has 0 saturated heterocycles. The number of hydrogen-bond donors (Lipinski definition) is 2. The summed E-state index contributed by atoms with van der Waals surface area (Å²) in [6.45, 7) is 3.78. The minimum atomic E-state index is 0.316. The van der Waals surface area contributed by atoms with Gasteiger partial charge in [0, 0.05) is 23.6 Å². The molecular weight excluding hydrogens is 288 g/mol. The van der Waals surface area contributed by atoms with Crippen molar-refractivity contribution in [3.05, 3.63) is 35.5 Å². The number of nitrogens with zero attached hydrogens (tertiary/aromatic N) is 2. The van der Waals surface area contributed by atoms with Crippen molar-refractivity contribution in [1.29, 1.82) is 0 Å². The van der Waals surface area contributed by atoms with Crippen LogP contribution in [-0.4, -0.2) is 29.5 Å². The molecule has 1 aromatic carbocycles. The molecule has 1 heterocycles. The molecule has 3 N–H and O–H groups in total. The van der Waals surface area contributed by atoms with E-state index in [9.17, 15) is 0 Å². The lowest BCUT2D eigenvalue weighted by Crippen LogP contribution is -2.40. The second kappa shape index (κ2) is 5.50. The summed E-state index contributed by atoms with van der Waals surface area (Å²) in [6.07, 6.45) is 2.23. The molecule has 0 unspecified atom stereocenters. The quantitative estimate of drug-likeness (QED) is 0.908. The molecule has 3 rings (SSSR count). The summed E-state index contributed by atoms with van der Waals surface area (Å²) < 4.78 is 5.31. The second-order valence-corrected chi connectivity index (χ2v) is 5.72. The molecule has 0 atom stereocenters. The number of aromatic nitrogens is 2. The van der Waals surface area contributed by atoms with Crippen LogP contribution in [0.25, 0.3) is 16.6 Å². The van der Waals surface area contributed by atoms with E-state index in [4.69, 9.17) is 22.1 Å². The van der Waals surface area contributed by atoms with Gasteiger partial charge >= 0.3 is 0 Å². The number of methoxy groups -OCH3 is 1. The van der Waals surface area contributed by atoms with E-state index in [2.05, 4.69) is 22.1 Å². The maximum atomic E-state index is 6.10. The number of nitrogens with two attached hydrogens (primary N) is 1. The highest BCUT2D eigenvalue weighted by Crippen LogP contribution is 2.33. The third kappa shape index (κ3) is 2.66. The fraction of sp³-hybridized carbons (Fsp3) is 0.333. The molecule has 110 valence electrons. The van der Waals surface area contributed by atoms with Gasteiger partial charge in [0.2, 0.25) is 0 Å². The van der Waals surface area contributed by atoms with Crippen molar-refractivity contribution in [1.82, 2.24) is 10.2 Å². The highest BCUT2D eigenvalue weighted by molar-refractivity contribution is 6.31. The average molecular weight is 305 g/mol. The third-order valence-electron chi connectivity index (χ3n) is 3.80. The topological polar surface area (TPSA) is 73.1 Å². The minimum Gasteiger partial charge on any atom is -0.397 e. The number of hydrogen-bond acceptors (Lipinski definition) is 5. The normalized spacial score (nSPS) is 21.0. The van der Waals surface area contributed by atoms with Crippen LogP contribution < -0.4 is 11.1 Å². The summed E-state index contributed by atoms with van der Waals surface area (Å²) in [4.78, 5) is 0. The molecule has 2 aromatic rings. The molecule has 1 aliphatic carbocycles. The first-order valence-corrected chi connectivity index (χ1v) is 7.16. The Balaban J connectivity index is 2.02. The van der Waals surface area contributed by atoms with Gasteiger partial charge in [-0.25, -0.2) is 0 Å². The van der Waals surface area contributed by atoms with Crippen molar-refractivity contribution in [2.45, 2.75) is 25.0 Å². The molecule has 1 aliphatic rings. The van der Waals surface area contributed by atoms with Crippen LogP contribution in [0.3, 0.4) is 0 Å². The molecule has 0 radical (unpaired) electrons. The van der Waals surface area contributed by atoms with Crippen LogP contribution in [0.4, 0.5) is 5.69 Å². The van der Waals surface area contributed by atoms with E-state index in [0.29, 0.717) is 28.6 Å². The van der Waals surface area contributed by atoms with Gasteiger partial charge in [0.1, 0.15) is 5.69 Å². The molecule has 0 amide bonds. The Hall–Kier alpha value is -1.85. The number of anilines is 1. The van der Waals surface area contributed by atoms with Gasteiger partial charge in [-0.3, -0.25) is 0 Å². The minimum absolute atomic E-state index is 0.316. The highest BCUT2D eigenvalue weighted by Gasteiger charge is 2.30. The van der Waals surface area contributed by atoms with Crippen LogP contribution in [0.5, 0.6) is 0 Å². The molecule has 21 heavy (non-hydrogen) atoms. The van der Waals surface area contributed by atoms with Gasteiger partial charge in [-0.15, -0.1) is 10.2 Å². The van der Waals surface area contributed by atoms with Gasteiger partial charge in [-0.2, -0.15) is 0 Å². The van der Waals surface area contributed by atoms with Gasteiger partial charge in [-0.05, 0) is 31.0 Å². The first-order chi connectivity index (χ1) is 10.1. The predicted molar refractivity (Wildman–Crippen MR) is 85.2 cm³/mol. The maximum Gasteiger partial charge on any atom is 0.132 e. The van der Waals surface area contributed by atoms with E-state index >= 15 is 0 Å². The third-order valence-corrected chi connectivity index (χ3v) is 4.04. The molecule has 1 aromatic heterocycles. The van der Waals surface area contributed by atoms with Crippen LogP contribution >= 0.6 is 11.6 Å². The molecule has 0 spiro atoms. The smallest absolute Gasteiger partial charge is 0.132 e. The SMILES string of the molecule is C=C(N)c1nnc2ccc(Cl)cc2c1NC1CC(OC)C1. The zero-order valence-electron chi connectivity index (χ0n) is 11.8. The van der Waals surface area contributed by atoms with Crippen molar-refractivity contribution < 1.29 is 4.74 Å². The van der Waals surface area contributed by atoms with Crippen molar-refractivity contribution in [2.75, 3.05) is 12.4 Å². The van der Waals surface area contributed by atoms with Gasteiger partial charge in [0.15, 0.2) is 0 Å². The number of fused-ring (bicyclic) bond motifs is 1. The first kappa shape index (κ1) is 14.1. The molecular formula is C15H17ClN4O. The van der Waals surface area contributed by atoms with Gasteiger partial charge < -0.3 is 15.8 Å². The van der Waals surface area contributed by atoms with Crippen molar-refractivity contribution in [3.8, 4) is 0 Å². The number of benzene rings is 1. The van der Waals surface area contributed by atoms with Crippen LogP contribution in [0, 0.1) is 0 Å². The van der Waals surface area contributed by atoms with E-state index in [1.807, 2.05) is 12.1 Å². The molecule has 6 heteroatoms. The van der Waals surface area contributed by atoms with E-state index in [-0.39, 0.29) is 0 Å². The van der Waals surface area contributed by atoms with Crippen molar-refractivity contribution >= 4 is 33.9 Å². The van der Waals surface area contributed by atoms with E-state index in [1.54, 1.807) is 13.2 Å². The Morgan fingerprint density at radius 3 is 2.86 bits per heavy atom. The van der Waals surface area contributed by atoms with Crippen LogP contribution in [0.2, 0.25) is 5.02 Å². The first-order valence-electron chi connectivity index (χ1n) is 6.78. The van der Waals surface area contributed by atoms with Crippen molar-refractivity contribution in [2.24, 2.45) is 5.73 Å². The maximum absolute atomic E-state index is 6.10. The zero-order chi connectivity index (χ0) is 15.0. The summed E-state index contributed by atoms with van der Waals surface area (Å²) in [5.74, 6) is 0. The fourth-order valence-corrected chi connectivity index (χ4v) is 2.70. The second-order valence-electron chi connectivity index (χ2n) is 5.28. The number of rotatable bonds is 4. The Bertz CT molecular complexity index is 697. The lowest BCUT2D eigenvalue weighted by molar-refractivity contribution is 0.0329. The number of nitrogens with one attached hydrogen (secondary N) is 1. The lowest BCUT2D eigenvalue weighted by Gasteiger charge is -2.35. The van der Waals surface area contributed by atoms with Gasteiger partial charge in [0.05, 0.1) is 23.0 Å². The summed E-state index contributed by atoms with van der Waals surface area (Å²) in [5, 5.41) is 13.4. The van der Waals surface area contributed by atoms with Crippen LogP contribution in [-0.2, 0) is 4.74 Å². The zero-order valence-corrected chi connectivity index (χ0v) is 12.5. The van der Waals surface area contributed by atoms with E-state index in [0.717, 1.165) is 29.4 Å². The van der Waals surface area contributed by atoms with Crippen LogP contribution in [0.15, 0.2) is 24.8 Å². The summed E-state index contributed by atoms with van der Waals surface area (Å²) in [5.41, 5.74) is 8.41. The molecule has 0 bridgehead atoms. The van der Waals surface area contributed by atoms with Crippen LogP contribution in [0.1, 0.15) is 18.5 Å². The summed E-state index contributed by atoms with van der Waals surface area (Å²) in [7, 11) is 1.73.